The highest BCUT2D eigenvalue weighted by molar-refractivity contribution is 7.08. The van der Waals surface area contributed by atoms with Crippen LogP contribution in [0.15, 0.2) is 10.8 Å². The predicted octanol–water partition coefficient (Wildman–Crippen LogP) is 2.06. The van der Waals surface area contributed by atoms with Gasteiger partial charge in [-0.15, -0.1) is 0 Å². The molecule has 0 saturated heterocycles. The lowest BCUT2D eigenvalue weighted by Crippen LogP contribution is -1.95. The third kappa shape index (κ3) is 1.67. The topological polar surface area (TPSA) is 17.1 Å². The van der Waals surface area contributed by atoms with Crippen LogP contribution in [0, 0.1) is 6.92 Å². The number of hydrogen-bond donors (Lipinski definition) is 0. The Morgan fingerprint density at radius 1 is 1.70 bits per heavy atom. The maximum atomic E-state index is 10.6. The Kier molecular flexibility index (Phi) is 2.22. The van der Waals surface area contributed by atoms with E-state index in [0.29, 0.717) is 6.42 Å². The smallest absolute Gasteiger partial charge is 0.134 e. The van der Waals surface area contributed by atoms with E-state index in [9.17, 15) is 4.79 Å². The van der Waals surface area contributed by atoms with Crippen LogP contribution in [-0.2, 0) is 11.2 Å². The average molecular weight is 153 g/mol. The molecule has 0 aliphatic carbocycles. The second kappa shape index (κ2) is 2.97. The van der Waals surface area contributed by atoms with Gasteiger partial charge in [-0.2, -0.15) is 11.3 Å². The summed E-state index contributed by atoms with van der Waals surface area (Å²) in [6, 6.07) is 0. The first kappa shape index (κ1) is 7.48. The Balaban J connectivity index is 2.74. The van der Waals surface area contributed by atoms with E-state index in [0.717, 1.165) is 11.1 Å². The van der Waals surface area contributed by atoms with Gasteiger partial charge in [0, 0.05) is 6.42 Å². The molecule has 0 amide bonds. The molecule has 1 nitrogen and oxygen atoms in total. The maximum absolute atomic E-state index is 10.6. The maximum Gasteiger partial charge on any atom is 0.134 e. The molecule has 0 aromatic carbocycles. The molecule has 53 valence electrons. The molecule has 1 rings (SSSR count). The molecule has 1 aromatic heterocycles. The van der Waals surface area contributed by atoms with Crippen molar-refractivity contribution >= 4 is 17.1 Å². The van der Waals surface area contributed by atoms with Gasteiger partial charge < -0.3 is 0 Å². The zero-order chi connectivity index (χ0) is 7.56. The van der Waals surface area contributed by atoms with Crippen LogP contribution in [0.25, 0.3) is 0 Å². The quantitative estimate of drug-likeness (QED) is 0.635. The summed E-state index contributed by atoms with van der Waals surface area (Å²) < 4.78 is 0. The molecule has 10 heavy (non-hydrogen) atoms. The monoisotopic (exact) mass is 153 g/mol. The van der Waals surface area contributed by atoms with E-state index in [-0.39, 0.29) is 5.78 Å². The first-order valence-electron chi connectivity index (χ1n) is 3.06. The number of ketones is 1. The molecule has 1 aromatic rings. The zero-order valence-electron chi connectivity index (χ0n) is 5.89. The number of rotatable bonds is 2. The predicted molar refractivity (Wildman–Crippen MR) is 43.2 cm³/mol. The minimum Gasteiger partial charge on any atom is -0.300 e. The van der Waals surface area contributed by atoms with Crippen LogP contribution in [0.2, 0.25) is 0 Å². The fraction of sp³-hybridized carbons (Fsp3) is 0.250. The molecule has 0 fully saturated rings. The molecule has 0 bridgehead atoms. The normalized spacial score (nSPS) is 9.80. The molecule has 0 atom stereocenters. The molecule has 0 unspecified atom stereocenters. The number of carbonyl (C=O) groups excluding carboxylic acids is 1. The van der Waals surface area contributed by atoms with E-state index in [1.807, 2.05) is 10.8 Å². The molecule has 0 spiro atoms. The van der Waals surface area contributed by atoms with Crippen LogP contribution in [-0.4, -0.2) is 5.78 Å². The zero-order valence-corrected chi connectivity index (χ0v) is 6.70. The molecule has 0 aliphatic rings. The van der Waals surface area contributed by atoms with Crippen LogP contribution in [0.5, 0.6) is 0 Å². The van der Waals surface area contributed by atoms with E-state index in [4.69, 9.17) is 0 Å². The van der Waals surface area contributed by atoms with Gasteiger partial charge in [0.1, 0.15) is 5.78 Å². The molecule has 0 saturated carbocycles. The van der Waals surface area contributed by atoms with Crippen molar-refractivity contribution in [2.45, 2.75) is 13.3 Å². The van der Waals surface area contributed by atoms with E-state index < -0.39 is 0 Å². The van der Waals surface area contributed by atoms with Crippen molar-refractivity contribution in [2.24, 2.45) is 0 Å². The number of hydrogen-bond acceptors (Lipinski definition) is 2. The minimum atomic E-state index is 0.198. The molecular weight excluding hydrogens is 144 g/mol. The van der Waals surface area contributed by atoms with Gasteiger partial charge in [0.25, 0.3) is 0 Å². The third-order valence-electron chi connectivity index (χ3n) is 1.27. The van der Waals surface area contributed by atoms with Crippen molar-refractivity contribution in [3.8, 4) is 0 Å². The summed E-state index contributed by atoms with van der Waals surface area (Å²) in [6.45, 7) is 5.39. The summed E-state index contributed by atoms with van der Waals surface area (Å²) in [5, 5.41) is 3.93. The molecule has 0 aliphatic heterocycles. The Bertz CT molecular complexity index is 237. The van der Waals surface area contributed by atoms with Crippen LogP contribution in [0.3, 0.4) is 0 Å². The van der Waals surface area contributed by atoms with Crippen molar-refractivity contribution < 1.29 is 4.79 Å². The van der Waals surface area contributed by atoms with Crippen LogP contribution in [0.4, 0.5) is 0 Å². The summed E-state index contributed by atoms with van der Waals surface area (Å²) in [5.41, 5.74) is 2.05. The number of thiophene rings is 1. The summed E-state index contributed by atoms with van der Waals surface area (Å²) in [4.78, 5) is 10.6. The van der Waals surface area contributed by atoms with Gasteiger partial charge in [-0.05, 0) is 35.7 Å². The number of carbonyl (C=O) groups is 1. The van der Waals surface area contributed by atoms with Crippen molar-refractivity contribution in [1.82, 2.24) is 0 Å². The van der Waals surface area contributed by atoms with Gasteiger partial charge in [-0.3, -0.25) is 4.79 Å². The third-order valence-corrected chi connectivity index (χ3v) is 2.11. The molecule has 1 radical (unpaired) electrons. The van der Waals surface area contributed by atoms with Gasteiger partial charge in [-0.1, -0.05) is 0 Å². The SMILES string of the molecule is [CH2]c1cscc1CC(C)=O. The summed E-state index contributed by atoms with van der Waals surface area (Å²) in [7, 11) is 0. The van der Waals surface area contributed by atoms with Crippen molar-refractivity contribution in [3.05, 3.63) is 28.8 Å². The first-order chi connectivity index (χ1) is 4.70. The van der Waals surface area contributed by atoms with Crippen LogP contribution in [0.1, 0.15) is 18.1 Å². The molecule has 0 N–H and O–H groups in total. The largest absolute Gasteiger partial charge is 0.300 e. The first-order valence-corrected chi connectivity index (χ1v) is 4.01. The molecular formula is C8H9OS. The summed E-state index contributed by atoms with van der Waals surface area (Å²) >= 11 is 1.59. The van der Waals surface area contributed by atoms with Crippen molar-refractivity contribution in [2.75, 3.05) is 0 Å². The standard InChI is InChI=1S/C8H9OS/c1-6-4-10-5-8(6)3-7(2)9/h4-5H,1,3H2,2H3. The van der Waals surface area contributed by atoms with Crippen LogP contribution >= 0.6 is 11.3 Å². The Morgan fingerprint density at radius 3 is 2.80 bits per heavy atom. The second-order valence-electron chi connectivity index (χ2n) is 2.30. The second-order valence-corrected chi connectivity index (χ2v) is 3.04. The van der Waals surface area contributed by atoms with E-state index in [2.05, 4.69) is 6.92 Å². The van der Waals surface area contributed by atoms with E-state index in [1.54, 1.807) is 18.3 Å². The van der Waals surface area contributed by atoms with Crippen LogP contribution < -0.4 is 0 Å². The van der Waals surface area contributed by atoms with Gasteiger partial charge >= 0.3 is 0 Å². The van der Waals surface area contributed by atoms with E-state index in [1.165, 1.54) is 0 Å². The van der Waals surface area contributed by atoms with Gasteiger partial charge in [0.05, 0.1) is 0 Å². The Hall–Kier alpha value is -0.630. The lowest BCUT2D eigenvalue weighted by atomic mass is 10.1. The highest BCUT2D eigenvalue weighted by Crippen LogP contribution is 2.13. The van der Waals surface area contributed by atoms with Crippen molar-refractivity contribution in [1.29, 1.82) is 0 Å². The van der Waals surface area contributed by atoms with Crippen molar-refractivity contribution in [3.63, 3.8) is 0 Å². The van der Waals surface area contributed by atoms with Gasteiger partial charge in [0.15, 0.2) is 0 Å². The lowest BCUT2D eigenvalue weighted by Gasteiger charge is -1.92. The fourth-order valence-corrected chi connectivity index (χ4v) is 1.56. The van der Waals surface area contributed by atoms with Gasteiger partial charge in [0.2, 0.25) is 0 Å². The highest BCUT2D eigenvalue weighted by Gasteiger charge is 2.00. The fourth-order valence-electron chi connectivity index (χ4n) is 0.773. The molecule has 1 heterocycles. The lowest BCUT2D eigenvalue weighted by molar-refractivity contribution is -0.116. The summed E-state index contributed by atoms with van der Waals surface area (Å²) in [5.74, 6) is 0.198. The Labute approximate surface area is 64.7 Å². The molecule has 2 heteroatoms. The minimum absolute atomic E-state index is 0.198. The van der Waals surface area contributed by atoms with Gasteiger partial charge in [-0.25, -0.2) is 0 Å². The van der Waals surface area contributed by atoms with E-state index >= 15 is 0 Å². The average Bonchev–Trinajstić information content (AvgIpc) is 2.15. The summed E-state index contributed by atoms with van der Waals surface area (Å²) in [6.07, 6.45) is 0.530. The number of Topliss-reactive ketones (excluding diaryl/α,β-unsaturated/α-hetero) is 1. The Morgan fingerprint density at radius 2 is 2.40 bits per heavy atom. The highest BCUT2D eigenvalue weighted by atomic mass is 32.1.